The van der Waals surface area contributed by atoms with Gasteiger partial charge in [-0.1, -0.05) is 6.92 Å². The highest BCUT2D eigenvalue weighted by Crippen LogP contribution is 2.16. The largest absolute Gasteiger partial charge is 0.338 e. The number of hydrogen-bond donors (Lipinski definition) is 2. The van der Waals surface area contributed by atoms with Crippen molar-refractivity contribution < 1.29 is 9.00 Å². The average Bonchev–Trinajstić information content (AvgIpc) is 2.30. The fraction of sp³-hybridized carbons (Fsp3) is 0.909. The Kier molecular flexibility index (Phi) is 6.96. The summed E-state index contributed by atoms with van der Waals surface area (Å²) in [6, 6.07) is 0.241. The van der Waals surface area contributed by atoms with Crippen LogP contribution in [-0.2, 0) is 10.8 Å². The SMILES string of the molecule is CC(CCNC(=O)NC1CCSCC1)S(C)=O. The maximum Gasteiger partial charge on any atom is 0.315 e. The second kappa shape index (κ2) is 7.97. The van der Waals surface area contributed by atoms with Crippen molar-refractivity contribution in [3.05, 3.63) is 0 Å². The summed E-state index contributed by atoms with van der Waals surface area (Å²) in [6.07, 6.45) is 4.59. The molecule has 0 bridgehead atoms. The third kappa shape index (κ3) is 6.31. The fourth-order valence-electron chi connectivity index (χ4n) is 1.63. The molecule has 0 aliphatic carbocycles. The van der Waals surface area contributed by atoms with E-state index in [2.05, 4.69) is 10.6 Å². The molecular weight excluding hydrogens is 256 g/mol. The van der Waals surface area contributed by atoms with Crippen LogP contribution in [0.4, 0.5) is 4.79 Å². The van der Waals surface area contributed by atoms with E-state index in [9.17, 15) is 9.00 Å². The first-order valence-electron chi connectivity index (χ1n) is 6.04. The van der Waals surface area contributed by atoms with Gasteiger partial charge in [0.1, 0.15) is 0 Å². The van der Waals surface area contributed by atoms with Crippen molar-refractivity contribution in [3.63, 3.8) is 0 Å². The summed E-state index contributed by atoms with van der Waals surface area (Å²) in [5.41, 5.74) is 0. The first-order valence-corrected chi connectivity index (χ1v) is 8.81. The van der Waals surface area contributed by atoms with Crippen molar-refractivity contribution >= 4 is 28.6 Å². The minimum Gasteiger partial charge on any atom is -0.338 e. The summed E-state index contributed by atoms with van der Waals surface area (Å²) in [6.45, 7) is 2.53. The zero-order valence-corrected chi connectivity index (χ0v) is 12.2. The molecule has 2 atom stereocenters. The Morgan fingerprint density at radius 2 is 2.12 bits per heavy atom. The Balaban J connectivity index is 2.10. The van der Waals surface area contributed by atoms with Crippen molar-refractivity contribution in [1.29, 1.82) is 0 Å². The third-order valence-electron chi connectivity index (χ3n) is 2.96. The minimum absolute atomic E-state index is 0.0871. The molecule has 0 aromatic heterocycles. The van der Waals surface area contributed by atoms with E-state index in [0.717, 1.165) is 30.8 Å². The van der Waals surface area contributed by atoms with Crippen LogP contribution in [0.15, 0.2) is 0 Å². The standard InChI is InChI=1S/C11H22N2O2S2/c1-9(17(2)15)3-6-12-11(14)13-10-4-7-16-8-5-10/h9-10H,3-8H2,1-2H3,(H2,12,13,14). The van der Waals surface area contributed by atoms with E-state index in [0.29, 0.717) is 12.6 Å². The van der Waals surface area contributed by atoms with Crippen molar-refractivity contribution in [2.24, 2.45) is 0 Å². The van der Waals surface area contributed by atoms with Gasteiger partial charge in [-0.2, -0.15) is 11.8 Å². The van der Waals surface area contributed by atoms with E-state index in [-0.39, 0.29) is 11.3 Å². The van der Waals surface area contributed by atoms with E-state index in [1.165, 1.54) is 0 Å². The van der Waals surface area contributed by atoms with E-state index in [1.54, 1.807) is 6.26 Å². The Labute approximate surface area is 110 Å². The lowest BCUT2D eigenvalue weighted by Crippen LogP contribution is -2.44. The molecule has 1 rings (SSSR count). The van der Waals surface area contributed by atoms with E-state index >= 15 is 0 Å². The molecule has 0 spiro atoms. The fourth-order valence-corrected chi connectivity index (χ4v) is 3.19. The summed E-state index contributed by atoms with van der Waals surface area (Å²) in [7, 11) is -0.806. The van der Waals surface area contributed by atoms with Crippen molar-refractivity contribution in [3.8, 4) is 0 Å². The number of carbonyl (C=O) groups is 1. The zero-order valence-electron chi connectivity index (χ0n) is 10.5. The van der Waals surface area contributed by atoms with Gasteiger partial charge in [0.25, 0.3) is 0 Å². The molecule has 0 aromatic carbocycles. The van der Waals surface area contributed by atoms with E-state index in [4.69, 9.17) is 0 Å². The molecule has 1 aliphatic rings. The number of thioether (sulfide) groups is 1. The molecule has 17 heavy (non-hydrogen) atoms. The molecule has 2 unspecified atom stereocenters. The van der Waals surface area contributed by atoms with E-state index < -0.39 is 10.8 Å². The Bertz CT molecular complexity index is 268. The second-order valence-electron chi connectivity index (χ2n) is 4.38. The molecule has 6 heteroatoms. The molecule has 100 valence electrons. The van der Waals surface area contributed by atoms with Crippen LogP contribution in [0.25, 0.3) is 0 Å². The average molecular weight is 278 g/mol. The van der Waals surface area contributed by atoms with Crippen LogP contribution in [0, 0.1) is 0 Å². The predicted octanol–water partition coefficient (Wildman–Crippen LogP) is 1.34. The number of carbonyl (C=O) groups excluding carboxylic acids is 1. The first kappa shape index (κ1) is 14.8. The quantitative estimate of drug-likeness (QED) is 0.798. The topological polar surface area (TPSA) is 58.2 Å². The maximum absolute atomic E-state index is 11.6. The van der Waals surface area contributed by atoms with E-state index in [1.807, 2.05) is 18.7 Å². The Morgan fingerprint density at radius 1 is 1.47 bits per heavy atom. The highest BCUT2D eigenvalue weighted by Gasteiger charge is 2.15. The number of nitrogens with one attached hydrogen (secondary N) is 2. The molecule has 4 nitrogen and oxygen atoms in total. The number of amides is 2. The third-order valence-corrected chi connectivity index (χ3v) is 5.38. The molecular formula is C11H22N2O2S2. The molecule has 0 radical (unpaired) electrons. The number of hydrogen-bond acceptors (Lipinski definition) is 3. The molecule has 1 saturated heterocycles. The van der Waals surface area contributed by atoms with Crippen LogP contribution in [0.5, 0.6) is 0 Å². The summed E-state index contributed by atoms with van der Waals surface area (Å²) in [4.78, 5) is 11.6. The summed E-state index contributed by atoms with van der Waals surface area (Å²) in [5.74, 6) is 2.27. The summed E-state index contributed by atoms with van der Waals surface area (Å²) >= 11 is 1.95. The van der Waals surface area contributed by atoms with Gasteiger partial charge in [0.05, 0.1) is 0 Å². The maximum atomic E-state index is 11.6. The van der Waals surface area contributed by atoms with Crippen LogP contribution in [0.1, 0.15) is 26.2 Å². The monoisotopic (exact) mass is 278 g/mol. The zero-order chi connectivity index (χ0) is 12.7. The molecule has 2 N–H and O–H groups in total. The van der Waals surface area contributed by atoms with Gasteiger partial charge in [0.15, 0.2) is 0 Å². The van der Waals surface area contributed by atoms with Gasteiger partial charge in [-0.3, -0.25) is 4.21 Å². The lowest BCUT2D eigenvalue weighted by Gasteiger charge is -2.22. The summed E-state index contributed by atoms with van der Waals surface area (Å²) < 4.78 is 11.1. The normalized spacial score (nSPS) is 20.6. The van der Waals surface area contributed by atoms with Crippen molar-refractivity contribution in [1.82, 2.24) is 10.6 Å². The first-order chi connectivity index (χ1) is 8.09. The predicted molar refractivity (Wildman–Crippen MR) is 75.0 cm³/mol. The van der Waals surface area contributed by atoms with Crippen molar-refractivity contribution in [2.75, 3.05) is 24.3 Å². The van der Waals surface area contributed by atoms with Gasteiger partial charge in [-0.25, -0.2) is 4.79 Å². The lowest BCUT2D eigenvalue weighted by molar-refractivity contribution is 0.236. The van der Waals surface area contributed by atoms with Gasteiger partial charge < -0.3 is 10.6 Å². The van der Waals surface area contributed by atoms with Gasteiger partial charge in [-0.15, -0.1) is 0 Å². The second-order valence-corrected chi connectivity index (χ2v) is 7.41. The Morgan fingerprint density at radius 3 is 2.71 bits per heavy atom. The molecule has 1 aliphatic heterocycles. The molecule has 0 saturated carbocycles. The van der Waals surface area contributed by atoms with Crippen molar-refractivity contribution in [2.45, 2.75) is 37.5 Å². The molecule has 2 amide bonds. The molecule has 1 fully saturated rings. The summed E-state index contributed by atoms with van der Waals surface area (Å²) in [5, 5.41) is 5.95. The van der Waals surface area contributed by atoms with Gasteiger partial charge in [-0.05, 0) is 30.8 Å². The van der Waals surface area contributed by atoms with Gasteiger partial charge in [0, 0.05) is 34.9 Å². The van der Waals surface area contributed by atoms with Crippen LogP contribution in [0.2, 0.25) is 0 Å². The lowest BCUT2D eigenvalue weighted by atomic mass is 10.2. The molecule has 0 aromatic rings. The molecule has 1 heterocycles. The highest BCUT2D eigenvalue weighted by molar-refractivity contribution is 7.99. The van der Waals surface area contributed by atoms with Crippen LogP contribution in [-0.4, -0.2) is 45.8 Å². The van der Waals surface area contributed by atoms with Crippen LogP contribution < -0.4 is 10.6 Å². The smallest absolute Gasteiger partial charge is 0.315 e. The Hall–Kier alpha value is -0.230. The number of urea groups is 1. The minimum atomic E-state index is -0.806. The highest BCUT2D eigenvalue weighted by atomic mass is 32.2. The van der Waals surface area contributed by atoms with Crippen LogP contribution >= 0.6 is 11.8 Å². The van der Waals surface area contributed by atoms with Gasteiger partial charge in [0.2, 0.25) is 0 Å². The number of rotatable bonds is 5. The van der Waals surface area contributed by atoms with Gasteiger partial charge >= 0.3 is 6.03 Å². The van der Waals surface area contributed by atoms with Crippen LogP contribution in [0.3, 0.4) is 0 Å².